The molecule has 0 saturated carbocycles. The van der Waals surface area contributed by atoms with Crippen molar-refractivity contribution >= 4 is 28.9 Å². The number of carbonyl (C=O) groups excluding carboxylic acids is 1. The first-order chi connectivity index (χ1) is 11.8. The molecule has 6 nitrogen and oxygen atoms in total. The van der Waals surface area contributed by atoms with Gasteiger partial charge in [0, 0.05) is 36.3 Å². The Labute approximate surface area is 153 Å². The highest BCUT2D eigenvalue weighted by atomic mass is 32.1. The summed E-state index contributed by atoms with van der Waals surface area (Å²) in [5, 5.41) is 7.05. The molecule has 1 unspecified atom stereocenters. The van der Waals surface area contributed by atoms with Crippen LogP contribution in [0, 0.1) is 0 Å². The van der Waals surface area contributed by atoms with Crippen LogP contribution in [0.15, 0.2) is 18.2 Å². The average Bonchev–Trinajstić information content (AvgIpc) is 2.96. The van der Waals surface area contributed by atoms with Crippen molar-refractivity contribution in [2.24, 2.45) is 0 Å². The summed E-state index contributed by atoms with van der Waals surface area (Å²) in [5.41, 5.74) is 0.753. The van der Waals surface area contributed by atoms with Gasteiger partial charge < -0.3 is 25.0 Å². The first-order valence-corrected chi connectivity index (χ1v) is 9.03. The van der Waals surface area contributed by atoms with Gasteiger partial charge in [-0.2, -0.15) is 0 Å². The zero-order chi connectivity index (χ0) is 18.0. The van der Waals surface area contributed by atoms with Crippen LogP contribution in [0.25, 0.3) is 0 Å². The minimum atomic E-state index is -0.0114. The molecule has 136 valence electrons. The van der Waals surface area contributed by atoms with Gasteiger partial charge in [-0.25, -0.2) is 0 Å². The minimum Gasteiger partial charge on any atom is -0.454 e. The zero-order valence-corrected chi connectivity index (χ0v) is 15.7. The Morgan fingerprint density at radius 3 is 2.92 bits per heavy atom. The summed E-state index contributed by atoms with van der Waals surface area (Å²) in [7, 11) is 0. The van der Waals surface area contributed by atoms with E-state index in [1.807, 2.05) is 6.07 Å². The maximum atomic E-state index is 12.2. The predicted octanol–water partition coefficient (Wildman–Crippen LogP) is 2.88. The normalized spacial score (nSPS) is 21.0. The van der Waals surface area contributed by atoms with Gasteiger partial charge >= 0.3 is 0 Å². The van der Waals surface area contributed by atoms with Gasteiger partial charge in [0.25, 0.3) is 0 Å². The number of anilines is 1. The number of nitrogens with zero attached hydrogens (tertiary/aromatic N) is 1. The fraction of sp³-hybridized carbons (Fsp3) is 0.556. The summed E-state index contributed by atoms with van der Waals surface area (Å²) in [4.78, 5) is 14.3. The van der Waals surface area contributed by atoms with E-state index < -0.39 is 0 Å². The molecule has 7 heteroatoms. The molecule has 1 aromatic carbocycles. The summed E-state index contributed by atoms with van der Waals surface area (Å²) in [6, 6.07) is 5.78. The van der Waals surface area contributed by atoms with Crippen molar-refractivity contribution < 1.29 is 14.3 Å². The Morgan fingerprint density at radius 2 is 2.16 bits per heavy atom. The molecular weight excluding hydrogens is 338 g/mol. The highest BCUT2D eigenvalue weighted by molar-refractivity contribution is 7.80. The van der Waals surface area contributed by atoms with Crippen LogP contribution in [-0.4, -0.2) is 40.8 Å². The second-order valence-corrected chi connectivity index (χ2v) is 7.67. The molecule has 2 aliphatic rings. The van der Waals surface area contributed by atoms with Crippen LogP contribution in [0.4, 0.5) is 5.69 Å². The van der Waals surface area contributed by atoms with Crippen molar-refractivity contribution in [3.8, 4) is 11.5 Å². The highest BCUT2D eigenvalue weighted by Gasteiger charge is 2.32. The van der Waals surface area contributed by atoms with Crippen molar-refractivity contribution in [1.82, 2.24) is 10.2 Å². The number of rotatable bonds is 5. The Bertz CT molecular complexity index is 678. The lowest BCUT2D eigenvalue weighted by Crippen LogP contribution is -2.60. The van der Waals surface area contributed by atoms with Crippen LogP contribution in [0.3, 0.4) is 0 Å². The third-order valence-corrected chi connectivity index (χ3v) is 4.84. The maximum Gasteiger partial charge on any atom is 0.231 e. The molecule has 0 bridgehead atoms. The van der Waals surface area contributed by atoms with Gasteiger partial charge in [0.05, 0.1) is 0 Å². The third-order valence-electron chi connectivity index (χ3n) is 4.50. The maximum absolute atomic E-state index is 12.2. The fourth-order valence-electron chi connectivity index (χ4n) is 3.39. The van der Waals surface area contributed by atoms with Gasteiger partial charge in [0.1, 0.15) is 0 Å². The van der Waals surface area contributed by atoms with Crippen LogP contribution in [-0.2, 0) is 4.79 Å². The predicted molar refractivity (Wildman–Crippen MR) is 101 cm³/mol. The summed E-state index contributed by atoms with van der Waals surface area (Å²) in [5.74, 6) is 1.36. The summed E-state index contributed by atoms with van der Waals surface area (Å²) in [6.07, 6.45) is 2.23. The smallest absolute Gasteiger partial charge is 0.231 e. The number of fused-ring (bicyclic) bond motifs is 1. The molecule has 0 spiro atoms. The fourth-order valence-corrected chi connectivity index (χ4v) is 3.94. The Morgan fingerprint density at radius 1 is 1.40 bits per heavy atom. The summed E-state index contributed by atoms with van der Waals surface area (Å²) >= 11 is 5.47. The lowest BCUT2D eigenvalue weighted by Gasteiger charge is -2.44. The van der Waals surface area contributed by atoms with Gasteiger partial charge in [0.2, 0.25) is 12.7 Å². The van der Waals surface area contributed by atoms with Crippen LogP contribution in [0.2, 0.25) is 0 Å². The molecule has 0 radical (unpaired) electrons. The van der Waals surface area contributed by atoms with Gasteiger partial charge in [0.15, 0.2) is 16.6 Å². The summed E-state index contributed by atoms with van der Waals surface area (Å²) < 4.78 is 10.6. The number of ether oxygens (including phenoxy) is 2. The number of amides is 1. The Hall–Kier alpha value is -2.02. The molecular formula is C18H25N3O3S. The number of thiocarbonyl (C=S) groups is 1. The van der Waals surface area contributed by atoms with Gasteiger partial charge in [-0.1, -0.05) is 0 Å². The monoisotopic (exact) mass is 363 g/mol. The molecule has 2 heterocycles. The second kappa shape index (κ2) is 7.07. The molecule has 2 N–H and O–H groups in total. The van der Waals surface area contributed by atoms with E-state index in [-0.39, 0.29) is 18.2 Å². The Balaban J connectivity index is 1.46. The van der Waals surface area contributed by atoms with E-state index in [0.717, 1.165) is 30.2 Å². The highest BCUT2D eigenvalue weighted by Crippen LogP contribution is 2.34. The number of carbonyl (C=O) groups is 1. The van der Waals surface area contributed by atoms with Crippen LogP contribution in [0.5, 0.6) is 11.5 Å². The van der Waals surface area contributed by atoms with Crippen LogP contribution < -0.4 is 20.1 Å². The molecule has 0 aliphatic carbocycles. The van der Waals surface area contributed by atoms with Gasteiger partial charge in [-0.3, -0.25) is 4.79 Å². The molecule has 25 heavy (non-hydrogen) atoms. The zero-order valence-electron chi connectivity index (χ0n) is 14.9. The van der Waals surface area contributed by atoms with Gasteiger partial charge in [-0.05, 0) is 58.0 Å². The molecule has 2 aliphatic heterocycles. The van der Waals surface area contributed by atoms with Gasteiger partial charge in [-0.15, -0.1) is 0 Å². The first kappa shape index (κ1) is 17.8. The molecule has 1 aromatic rings. The molecule has 1 saturated heterocycles. The van der Waals surface area contributed by atoms with Crippen molar-refractivity contribution in [1.29, 1.82) is 0 Å². The standard InChI is InChI=1S/C18H25N3O3S/c1-12-10-18(2,3)20-17(25)21(12)8-4-5-16(22)19-13-6-7-14-15(9-13)24-11-23-14/h6-7,9,12H,4-5,8,10-11H2,1-3H3,(H,19,22)(H,20,25). The quantitative estimate of drug-likeness (QED) is 0.785. The average molecular weight is 363 g/mol. The van der Waals surface area contributed by atoms with E-state index in [1.165, 1.54) is 0 Å². The molecule has 3 rings (SSSR count). The molecule has 1 atom stereocenters. The van der Waals surface area contributed by atoms with Crippen LogP contribution in [0.1, 0.15) is 40.0 Å². The van der Waals surface area contributed by atoms with Crippen molar-refractivity contribution in [2.45, 2.75) is 51.6 Å². The van der Waals surface area contributed by atoms with E-state index in [0.29, 0.717) is 24.0 Å². The van der Waals surface area contributed by atoms with Crippen molar-refractivity contribution in [3.05, 3.63) is 18.2 Å². The molecule has 0 aromatic heterocycles. The minimum absolute atomic E-state index is 0.0114. The van der Waals surface area contributed by atoms with Crippen LogP contribution >= 0.6 is 12.2 Å². The van der Waals surface area contributed by atoms with E-state index in [9.17, 15) is 4.79 Å². The second-order valence-electron chi connectivity index (χ2n) is 7.28. The third kappa shape index (κ3) is 4.34. The van der Waals surface area contributed by atoms with Crippen molar-refractivity contribution in [3.63, 3.8) is 0 Å². The van der Waals surface area contributed by atoms with E-state index in [1.54, 1.807) is 12.1 Å². The van der Waals surface area contributed by atoms with E-state index >= 15 is 0 Å². The van der Waals surface area contributed by atoms with E-state index in [4.69, 9.17) is 21.7 Å². The number of nitrogens with one attached hydrogen (secondary N) is 2. The summed E-state index contributed by atoms with van der Waals surface area (Å²) in [6.45, 7) is 7.50. The first-order valence-electron chi connectivity index (χ1n) is 8.62. The largest absolute Gasteiger partial charge is 0.454 e. The topological polar surface area (TPSA) is 62.8 Å². The number of hydrogen-bond acceptors (Lipinski definition) is 4. The number of hydrogen-bond donors (Lipinski definition) is 2. The van der Waals surface area contributed by atoms with E-state index in [2.05, 4.69) is 36.3 Å². The SMILES string of the molecule is CC1CC(C)(C)NC(=S)N1CCCC(=O)Nc1ccc2c(c1)OCO2. The lowest BCUT2D eigenvalue weighted by atomic mass is 9.93. The Kier molecular flexibility index (Phi) is 5.03. The lowest BCUT2D eigenvalue weighted by molar-refractivity contribution is -0.116. The number of benzene rings is 1. The van der Waals surface area contributed by atoms with Crippen molar-refractivity contribution in [2.75, 3.05) is 18.7 Å². The molecule has 1 fully saturated rings. The molecule has 1 amide bonds.